The van der Waals surface area contributed by atoms with Crippen molar-refractivity contribution in [2.24, 2.45) is 0 Å². The van der Waals surface area contributed by atoms with Gasteiger partial charge in [0.2, 0.25) is 5.91 Å². The first kappa shape index (κ1) is 15.5. The smallest absolute Gasteiger partial charge is 0.267 e. The number of anilines is 1. The van der Waals surface area contributed by atoms with Gasteiger partial charge in [-0.1, -0.05) is 0 Å². The van der Waals surface area contributed by atoms with Gasteiger partial charge in [0, 0.05) is 10.9 Å². The Bertz CT molecular complexity index is 816. The van der Waals surface area contributed by atoms with Crippen LogP contribution in [0.2, 0.25) is 0 Å². The van der Waals surface area contributed by atoms with Crippen LogP contribution in [0.5, 0.6) is 0 Å². The predicted octanol–water partition coefficient (Wildman–Crippen LogP) is 2.10. The summed E-state index contributed by atoms with van der Waals surface area (Å²) in [6.07, 6.45) is 8.39. The van der Waals surface area contributed by atoms with Crippen molar-refractivity contribution in [1.82, 2.24) is 14.8 Å². The molecule has 7 heteroatoms. The van der Waals surface area contributed by atoms with Gasteiger partial charge in [0.15, 0.2) is 5.13 Å². The molecule has 2 heterocycles. The van der Waals surface area contributed by atoms with Crippen LogP contribution in [0.15, 0.2) is 10.9 Å². The van der Waals surface area contributed by atoms with E-state index in [1.807, 2.05) is 0 Å². The van der Waals surface area contributed by atoms with E-state index in [-0.39, 0.29) is 18.0 Å². The Balaban J connectivity index is 1.48. The van der Waals surface area contributed by atoms with Crippen LogP contribution in [0, 0.1) is 0 Å². The molecule has 2 aromatic heterocycles. The molecule has 0 saturated heterocycles. The van der Waals surface area contributed by atoms with Crippen LogP contribution in [-0.4, -0.2) is 20.7 Å². The molecule has 2 aliphatic carbocycles. The summed E-state index contributed by atoms with van der Waals surface area (Å²) < 4.78 is 1.27. The number of nitrogens with one attached hydrogen (secondary N) is 1. The third-order valence-corrected chi connectivity index (χ3v) is 5.73. The Morgan fingerprint density at radius 3 is 2.71 bits per heavy atom. The lowest BCUT2D eigenvalue weighted by Gasteiger charge is -2.15. The lowest BCUT2D eigenvalue weighted by atomic mass is 9.97. The minimum Gasteiger partial charge on any atom is -0.300 e. The molecular formula is C17H20N4O2S. The third kappa shape index (κ3) is 3.13. The van der Waals surface area contributed by atoms with Crippen molar-refractivity contribution in [3.63, 3.8) is 0 Å². The average molecular weight is 344 g/mol. The first-order chi connectivity index (χ1) is 11.7. The Labute approximate surface area is 143 Å². The average Bonchev–Trinajstić information content (AvgIpc) is 2.97. The van der Waals surface area contributed by atoms with Crippen LogP contribution < -0.4 is 10.9 Å². The van der Waals surface area contributed by atoms with Gasteiger partial charge < -0.3 is 5.32 Å². The maximum Gasteiger partial charge on any atom is 0.267 e. The SMILES string of the molecule is O=C(Cn1nc2c(cc1=O)CCCC2)Nc1nc2c(s1)CCCC2. The van der Waals surface area contributed by atoms with E-state index in [4.69, 9.17) is 0 Å². The molecule has 0 bridgehead atoms. The third-order valence-electron chi connectivity index (χ3n) is 4.66. The highest BCUT2D eigenvalue weighted by Crippen LogP contribution is 2.29. The number of aryl methyl sites for hydroxylation is 4. The molecule has 0 fully saturated rings. The van der Waals surface area contributed by atoms with E-state index in [1.54, 1.807) is 17.4 Å². The van der Waals surface area contributed by atoms with Gasteiger partial charge in [-0.25, -0.2) is 9.67 Å². The molecule has 4 rings (SSSR count). The maximum atomic E-state index is 12.3. The summed E-state index contributed by atoms with van der Waals surface area (Å²) in [5, 5.41) is 7.85. The molecule has 6 nitrogen and oxygen atoms in total. The topological polar surface area (TPSA) is 76.9 Å². The van der Waals surface area contributed by atoms with Crippen LogP contribution in [-0.2, 0) is 37.0 Å². The normalized spacial score (nSPS) is 16.3. The fourth-order valence-corrected chi connectivity index (χ4v) is 4.48. The summed E-state index contributed by atoms with van der Waals surface area (Å²) in [6.45, 7) is -0.0592. The highest BCUT2D eigenvalue weighted by Gasteiger charge is 2.18. The minimum absolute atomic E-state index is 0.0592. The zero-order valence-electron chi connectivity index (χ0n) is 13.5. The quantitative estimate of drug-likeness (QED) is 0.925. The van der Waals surface area contributed by atoms with Crippen LogP contribution in [0.25, 0.3) is 0 Å². The zero-order chi connectivity index (χ0) is 16.5. The summed E-state index contributed by atoms with van der Waals surface area (Å²) >= 11 is 1.55. The molecule has 24 heavy (non-hydrogen) atoms. The number of rotatable bonds is 3. The van der Waals surface area contributed by atoms with Gasteiger partial charge in [0.1, 0.15) is 6.54 Å². The van der Waals surface area contributed by atoms with Crippen molar-refractivity contribution in [3.05, 3.63) is 38.2 Å². The molecule has 2 aromatic rings. The van der Waals surface area contributed by atoms with Gasteiger partial charge in [-0.3, -0.25) is 9.59 Å². The predicted molar refractivity (Wildman–Crippen MR) is 92.5 cm³/mol. The first-order valence-electron chi connectivity index (χ1n) is 8.57. The van der Waals surface area contributed by atoms with Gasteiger partial charge >= 0.3 is 0 Å². The van der Waals surface area contributed by atoms with Crippen molar-refractivity contribution in [2.45, 2.75) is 57.9 Å². The zero-order valence-corrected chi connectivity index (χ0v) is 14.3. The van der Waals surface area contributed by atoms with E-state index in [0.29, 0.717) is 5.13 Å². The fraction of sp³-hybridized carbons (Fsp3) is 0.529. The molecule has 0 spiro atoms. The molecule has 126 valence electrons. The lowest BCUT2D eigenvalue weighted by Crippen LogP contribution is -2.31. The standard InChI is InChI=1S/C17H20N4O2S/c22-15(19-17-18-13-7-3-4-8-14(13)24-17)10-21-16(23)9-11-5-1-2-6-12(11)20-21/h9H,1-8,10H2,(H,18,19,22). The molecule has 0 saturated carbocycles. The molecule has 0 atom stereocenters. The summed E-state index contributed by atoms with van der Waals surface area (Å²) in [5.74, 6) is -0.244. The van der Waals surface area contributed by atoms with Crippen molar-refractivity contribution in [2.75, 3.05) is 5.32 Å². The van der Waals surface area contributed by atoms with Crippen molar-refractivity contribution >= 4 is 22.4 Å². The van der Waals surface area contributed by atoms with Crippen molar-refractivity contribution in [3.8, 4) is 0 Å². The molecule has 2 aliphatic rings. The molecule has 0 unspecified atom stereocenters. The number of fused-ring (bicyclic) bond motifs is 2. The number of amides is 1. The van der Waals surface area contributed by atoms with Gasteiger partial charge in [-0.15, -0.1) is 11.3 Å². The molecule has 1 N–H and O–H groups in total. The summed E-state index contributed by atoms with van der Waals surface area (Å²) in [5.41, 5.74) is 2.91. The number of carbonyl (C=O) groups is 1. The summed E-state index contributed by atoms with van der Waals surface area (Å²) in [6, 6.07) is 1.64. The number of hydrogen-bond acceptors (Lipinski definition) is 5. The van der Waals surface area contributed by atoms with E-state index in [0.717, 1.165) is 55.5 Å². The molecule has 0 aliphatic heterocycles. The fourth-order valence-electron chi connectivity index (χ4n) is 3.41. The number of aromatic nitrogens is 3. The second-order valence-electron chi connectivity index (χ2n) is 6.46. The molecule has 1 amide bonds. The van der Waals surface area contributed by atoms with Crippen LogP contribution in [0.1, 0.15) is 47.5 Å². The van der Waals surface area contributed by atoms with Crippen LogP contribution >= 0.6 is 11.3 Å². The molecular weight excluding hydrogens is 324 g/mol. The maximum absolute atomic E-state index is 12.3. The van der Waals surface area contributed by atoms with E-state index >= 15 is 0 Å². The van der Waals surface area contributed by atoms with Gasteiger partial charge in [0.25, 0.3) is 5.56 Å². The largest absolute Gasteiger partial charge is 0.300 e. The van der Waals surface area contributed by atoms with E-state index in [2.05, 4.69) is 15.4 Å². The van der Waals surface area contributed by atoms with Gasteiger partial charge in [0.05, 0.1) is 11.4 Å². The summed E-state index contributed by atoms with van der Waals surface area (Å²) in [4.78, 5) is 30.2. The van der Waals surface area contributed by atoms with Crippen molar-refractivity contribution in [1.29, 1.82) is 0 Å². The van der Waals surface area contributed by atoms with E-state index < -0.39 is 0 Å². The van der Waals surface area contributed by atoms with E-state index in [1.165, 1.54) is 22.4 Å². The number of hydrogen-bond donors (Lipinski definition) is 1. The number of thiazole rings is 1. The summed E-state index contributed by atoms with van der Waals surface area (Å²) in [7, 11) is 0. The van der Waals surface area contributed by atoms with Gasteiger partial charge in [-0.05, 0) is 56.9 Å². The number of nitrogens with zero attached hydrogens (tertiary/aromatic N) is 3. The Morgan fingerprint density at radius 1 is 1.12 bits per heavy atom. The Hall–Kier alpha value is -2.02. The van der Waals surface area contributed by atoms with Crippen LogP contribution in [0.4, 0.5) is 5.13 Å². The highest BCUT2D eigenvalue weighted by atomic mass is 32.1. The highest BCUT2D eigenvalue weighted by molar-refractivity contribution is 7.15. The Kier molecular flexibility index (Phi) is 4.18. The molecule has 0 radical (unpaired) electrons. The van der Waals surface area contributed by atoms with E-state index in [9.17, 15) is 9.59 Å². The first-order valence-corrected chi connectivity index (χ1v) is 9.39. The lowest BCUT2D eigenvalue weighted by molar-refractivity contribution is -0.117. The minimum atomic E-state index is -0.244. The Morgan fingerprint density at radius 2 is 1.88 bits per heavy atom. The van der Waals surface area contributed by atoms with Gasteiger partial charge in [-0.2, -0.15) is 5.10 Å². The monoisotopic (exact) mass is 344 g/mol. The second kappa shape index (κ2) is 6.47. The molecule has 0 aromatic carbocycles. The van der Waals surface area contributed by atoms with Crippen LogP contribution in [0.3, 0.4) is 0 Å². The van der Waals surface area contributed by atoms with Crippen molar-refractivity contribution < 1.29 is 4.79 Å². The number of carbonyl (C=O) groups excluding carboxylic acids is 1. The second-order valence-corrected chi connectivity index (χ2v) is 7.55.